The lowest BCUT2D eigenvalue weighted by atomic mass is 10.0. The van der Waals surface area contributed by atoms with E-state index in [-0.39, 0.29) is 11.8 Å². The number of imidazole rings is 2. The number of aromatic nitrogens is 4. The summed E-state index contributed by atoms with van der Waals surface area (Å²) in [5, 5.41) is 9.75. The maximum absolute atomic E-state index is 13.1. The molecule has 0 radical (unpaired) electrons. The van der Waals surface area contributed by atoms with Crippen molar-refractivity contribution >= 4 is 11.8 Å². The van der Waals surface area contributed by atoms with E-state index in [2.05, 4.69) is 124 Å². The van der Waals surface area contributed by atoms with Crippen LogP contribution in [0.3, 0.4) is 0 Å². The monoisotopic (exact) mass is 812 g/mol. The van der Waals surface area contributed by atoms with Crippen LogP contribution in [0, 0.1) is 5.92 Å². The van der Waals surface area contributed by atoms with Gasteiger partial charge in [0.1, 0.15) is 11.6 Å². The third-order valence-corrected chi connectivity index (χ3v) is 9.03. The number of rotatable bonds is 18. The van der Waals surface area contributed by atoms with E-state index in [9.17, 15) is 9.59 Å². The Morgan fingerprint density at radius 1 is 0.712 bits per heavy atom. The number of amides is 2. The van der Waals surface area contributed by atoms with E-state index in [1.54, 1.807) is 14.2 Å². The average Bonchev–Trinajstić information content (AvgIpc) is 3.94. The van der Waals surface area contributed by atoms with Gasteiger partial charge in [0.25, 0.3) is 0 Å². The van der Waals surface area contributed by atoms with Crippen LogP contribution in [0.15, 0.2) is 85.2 Å². The SMILES string of the molecule is CCCN(Cc1ncc(-c2ccc(-c3ccc(-c4cnc(CN(CCC)C(=O)CC(C)C)[nH]4)cc3)cc2)[nH]1)C(=O)CCc1ccc(CN)cc1.CNC.CNOC.CO. The Morgan fingerprint density at radius 3 is 1.47 bits per heavy atom. The van der Waals surface area contributed by atoms with Gasteiger partial charge in [-0.05, 0) is 72.7 Å². The highest BCUT2D eigenvalue weighted by Crippen LogP contribution is 2.27. The number of nitrogens with one attached hydrogen (secondary N) is 4. The number of aliphatic hydroxyl groups excluding tert-OH is 1. The Bertz CT molecular complexity index is 1870. The van der Waals surface area contributed by atoms with E-state index in [1.807, 2.05) is 48.4 Å². The van der Waals surface area contributed by atoms with E-state index < -0.39 is 0 Å². The minimum atomic E-state index is 0.128. The highest BCUT2D eigenvalue weighted by molar-refractivity contribution is 5.77. The molecule has 0 saturated carbocycles. The molecule has 0 aliphatic carbocycles. The van der Waals surface area contributed by atoms with Crippen molar-refractivity contribution in [2.75, 3.05) is 48.5 Å². The third kappa shape index (κ3) is 17.3. The normalized spacial score (nSPS) is 10.4. The first-order chi connectivity index (χ1) is 28.6. The van der Waals surface area contributed by atoms with Gasteiger partial charge in [-0.2, -0.15) is 0 Å². The van der Waals surface area contributed by atoms with Crippen LogP contribution in [0.4, 0.5) is 0 Å². The lowest BCUT2D eigenvalue weighted by Crippen LogP contribution is -2.32. The van der Waals surface area contributed by atoms with Crippen molar-refractivity contribution in [1.82, 2.24) is 40.5 Å². The van der Waals surface area contributed by atoms with Crippen LogP contribution >= 0.6 is 0 Å². The topological polar surface area (TPSA) is 178 Å². The number of hydroxylamine groups is 1. The number of nitrogens with two attached hydrogens (primary N) is 1. The summed E-state index contributed by atoms with van der Waals surface area (Å²) in [5.74, 6) is 2.20. The lowest BCUT2D eigenvalue weighted by molar-refractivity contribution is -0.133. The Morgan fingerprint density at radius 2 is 1.10 bits per heavy atom. The van der Waals surface area contributed by atoms with E-state index in [0.717, 1.165) is 82.9 Å². The van der Waals surface area contributed by atoms with Crippen LogP contribution in [-0.2, 0) is 40.5 Å². The van der Waals surface area contributed by atoms with Crippen molar-refractivity contribution < 1.29 is 19.5 Å². The third-order valence-electron chi connectivity index (χ3n) is 9.03. The molecular formula is C46H69N9O4. The summed E-state index contributed by atoms with van der Waals surface area (Å²) in [6.07, 6.45) is 7.19. The summed E-state index contributed by atoms with van der Waals surface area (Å²) in [4.78, 5) is 50.0. The zero-order valence-corrected chi connectivity index (χ0v) is 36.8. The summed E-state index contributed by atoms with van der Waals surface area (Å²) in [6, 6.07) is 25.0. The minimum absolute atomic E-state index is 0.128. The van der Waals surface area contributed by atoms with Gasteiger partial charge >= 0.3 is 0 Å². The van der Waals surface area contributed by atoms with Gasteiger partial charge < -0.3 is 40.8 Å². The summed E-state index contributed by atoms with van der Waals surface area (Å²) in [7, 11) is 8.03. The average molecular weight is 812 g/mol. The molecule has 0 atom stereocenters. The maximum Gasteiger partial charge on any atom is 0.223 e. The fraction of sp³-hybridized carbons (Fsp3) is 0.435. The highest BCUT2D eigenvalue weighted by Gasteiger charge is 2.18. The Labute approximate surface area is 352 Å². The van der Waals surface area contributed by atoms with E-state index in [4.69, 9.17) is 10.8 Å². The van der Waals surface area contributed by atoms with Gasteiger partial charge in [-0.1, -0.05) is 100 Å². The molecule has 0 saturated heterocycles. The molecule has 13 heteroatoms. The Balaban J connectivity index is 0.00000122. The van der Waals surface area contributed by atoms with Crippen LogP contribution in [0.2, 0.25) is 0 Å². The summed E-state index contributed by atoms with van der Waals surface area (Å²) in [6.45, 7) is 11.2. The summed E-state index contributed by atoms with van der Waals surface area (Å²) < 4.78 is 0. The number of carbonyl (C=O) groups excluding carboxylic acids is 2. The molecule has 0 aliphatic heterocycles. The molecule has 3 aromatic carbocycles. The summed E-state index contributed by atoms with van der Waals surface area (Å²) in [5.41, 5.74) is 16.5. The molecule has 0 fully saturated rings. The fourth-order valence-corrected chi connectivity index (χ4v) is 6.08. The predicted molar refractivity (Wildman–Crippen MR) is 240 cm³/mol. The quantitative estimate of drug-likeness (QED) is 0.0511. The van der Waals surface area contributed by atoms with Crippen molar-refractivity contribution in [1.29, 1.82) is 0 Å². The van der Waals surface area contributed by atoms with E-state index >= 15 is 0 Å². The minimum Gasteiger partial charge on any atom is -0.400 e. The van der Waals surface area contributed by atoms with Gasteiger partial charge in [-0.15, -0.1) is 0 Å². The second-order valence-electron chi connectivity index (χ2n) is 14.3. The molecule has 0 spiro atoms. The highest BCUT2D eigenvalue weighted by atomic mass is 16.6. The Hall–Kier alpha value is -5.18. The Kier molecular flexibility index (Phi) is 23.9. The second kappa shape index (κ2) is 28.3. The van der Waals surface area contributed by atoms with E-state index in [0.29, 0.717) is 51.4 Å². The maximum atomic E-state index is 13.1. The van der Waals surface area contributed by atoms with Crippen LogP contribution < -0.4 is 16.5 Å². The fourth-order valence-electron chi connectivity index (χ4n) is 6.08. The number of carbonyl (C=O) groups is 2. The van der Waals surface area contributed by atoms with Crippen molar-refractivity contribution in [2.45, 2.75) is 79.4 Å². The number of aliphatic hydroxyl groups is 1. The molecule has 2 aromatic heterocycles. The van der Waals surface area contributed by atoms with Gasteiger partial charge in [-0.3, -0.25) is 9.59 Å². The molecule has 0 unspecified atom stereocenters. The predicted octanol–water partition coefficient (Wildman–Crippen LogP) is 6.96. The zero-order chi connectivity index (χ0) is 43.6. The molecule has 59 heavy (non-hydrogen) atoms. The largest absolute Gasteiger partial charge is 0.400 e. The number of benzene rings is 3. The molecule has 2 amide bonds. The molecule has 13 nitrogen and oxygen atoms in total. The summed E-state index contributed by atoms with van der Waals surface area (Å²) >= 11 is 0. The molecular weight excluding hydrogens is 743 g/mol. The van der Waals surface area contributed by atoms with Crippen molar-refractivity contribution in [3.05, 3.63) is 108 Å². The molecule has 322 valence electrons. The van der Waals surface area contributed by atoms with E-state index in [1.165, 1.54) is 0 Å². The second-order valence-corrected chi connectivity index (χ2v) is 14.3. The van der Waals surface area contributed by atoms with Gasteiger partial charge in [0.05, 0.1) is 44.0 Å². The number of nitrogens with zero attached hydrogens (tertiary/aromatic N) is 4. The number of aromatic amines is 2. The van der Waals surface area contributed by atoms with Crippen molar-refractivity contribution in [3.63, 3.8) is 0 Å². The van der Waals surface area contributed by atoms with Crippen LogP contribution in [0.25, 0.3) is 33.6 Å². The standard InChI is InChI=1S/C41H51N7O2.C2H7NO.C2H7N.CH4O/c1-5-21-47(40(49)20-11-30-7-9-31(24-42)10-8-30)27-38-43-25-36(45-38)34-16-12-32(13-17-34)33-14-18-35(19-15-33)37-26-44-39(46-37)28-48(22-6-2)41(50)23-29(3)4;1-3-4-2;1-3-2;1-2/h7-10,12-19,25-26,29H,5-6,11,20-24,27-28,42H2,1-4H3,(H,43,45)(H,44,46);3H,1-2H3;3H,1-2H3;2H,1H3. The van der Waals surface area contributed by atoms with Crippen molar-refractivity contribution in [2.24, 2.45) is 11.7 Å². The number of aryl methyl sites for hydroxylation is 1. The first-order valence-electron chi connectivity index (χ1n) is 20.4. The number of H-pyrrole nitrogens is 2. The van der Waals surface area contributed by atoms with Gasteiger partial charge in [-0.25, -0.2) is 15.4 Å². The zero-order valence-electron chi connectivity index (χ0n) is 36.8. The van der Waals surface area contributed by atoms with Crippen LogP contribution in [-0.4, -0.2) is 95.1 Å². The molecule has 0 aliphatic rings. The van der Waals surface area contributed by atoms with Crippen molar-refractivity contribution in [3.8, 4) is 33.6 Å². The van der Waals surface area contributed by atoms with Crippen LogP contribution in [0.5, 0.6) is 0 Å². The number of hydrogen-bond acceptors (Lipinski definition) is 9. The molecule has 5 aromatic rings. The van der Waals surface area contributed by atoms with Gasteiger partial charge in [0.15, 0.2) is 0 Å². The first kappa shape index (κ1) is 50.0. The molecule has 5 rings (SSSR count). The molecule has 2 heterocycles. The van der Waals surface area contributed by atoms with Gasteiger partial charge in [0.2, 0.25) is 11.8 Å². The molecule has 0 bridgehead atoms. The first-order valence-corrected chi connectivity index (χ1v) is 20.4. The van der Waals surface area contributed by atoms with Gasteiger partial charge in [0, 0.05) is 46.6 Å². The lowest BCUT2D eigenvalue weighted by Gasteiger charge is -2.22. The molecule has 7 N–H and O–H groups in total. The van der Waals surface area contributed by atoms with Crippen LogP contribution in [0.1, 0.15) is 76.2 Å². The smallest absolute Gasteiger partial charge is 0.223 e. The number of hydrogen-bond donors (Lipinski definition) is 6.